The average molecular weight is 433 g/mol. The number of aromatic nitrogens is 1. The highest BCUT2D eigenvalue weighted by atomic mass is 32.2. The van der Waals surface area contributed by atoms with E-state index in [9.17, 15) is 14.4 Å². The molecule has 1 aromatic heterocycles. The van der Waals surface area contributed by atoms with Crippen LogP contribution in [0.15, 0.2) is 70.5 Å². The number of nitrogens with one attached hydrogen (secondary N) is 1. The number of fused-ring (bicyclic) bond motifs is 3. The van der Waals surface area contributed by atoms with Gasteiger partial charge < -0.3 is 10.1 Å². The number of hydrogen-bond donors (Lipinski definition) is 1. The third-order valence-electron chi connectivity index (χ3n) is 5.42. The van der Waals surface area contributed by atoms with Gasteiger partial charge in [0.05, 0.1) is 6.04 Å². The molecule has 3 heterocycles. The third-order valence-corrected chi connectivity index (χ3v) is 6.56. The van der Waals surface area contributed by atoms with E-state index in [0.29, 0.717) is 0 Å². The molecule has 2 aliphatic heterocycles. The normalized spacial score (nSPS) is 17.0. The molecule has 5 rings (SSSR count). The summed E-state index contributed by atoms with van der Waals surface area (Å²) in [6.07, 6.45) is 1.56. The van der Waals surface area contributed by atoms with Crippen molar-refractivity contribution < 1.29 is 14.3 Å². The number of carbonyl (C=O) groups is 2. The predicted molar refractivity (Wildman–Crippen MR) is 117 cm³/mol. The van der Waals surface area contributed by atoms with E-state index in [-0.39, 0.29) is 24.2 Å². The van der Waals surface area contributed by atoms with Crippen LogP contribution in [0.25, 0.3) is 0 Å². The molecule has 8 heteroatoms. The van der Waals surface area contributed by atoms with Crippen LogP contribution in [0, 0.1) is 0 Å². The minimum atomic E-state index is -0.655. The molecule has 0 spiro atoms. The van der Waals surface area contributed by atoms with Gasteiger partial charge in [-0.1, -0.05) is 42.5 Å². The van der Waals surface area contributed by atoms with E-state index in [0.717, 1.165) is 21.8 Å². The second-order valence-electron chi connectivity index (χ2n) is 7.33. The second-order valence-corrected chi connectivity index (χ2v) is 8.34. The highest BCUT2D eigenvalue weighted by Crippen LogP contribution is 2.42. The molecule has 1 amide bonds. The van der Waals surface area contributed by atoms with Gasteiger partial charge in [-0.25, -0.2) is 0 Å². The van der Waals surface area contributed by atoms with Crippen LogP contribution >= 0.6 is 11.8 Å². The lowest BCUT2D eigenvalue weighted by Crippen LogP contribution is -2.54. The molecular weight excluding hydrogens is 414 g/mol. The highest BCUT2D eigenvalue weighted by molar-refractivity contribution is 7.98. The number of rotatable bonds is 2. The summed E-state index contributed by atoms with van der Waals surface area (Å²) in [5.74, 6) is -0.548. The second kappa shape index (κ2) is 7.63. The average Bonchev–Trinajstić information content (AvgIpc) is 2.93. The number of hydrogen-bond acceptors (Lipinski definition) is 6. The zero-order valence-corrected chi connectivity index (χ0v) is 17.5. The van der Waals surface area contributed by atoms with E-state index >= 15 is 0 Å². The topological polar surface area (TPSA) is 80.6 Å². The molecule has 0 aliphatic carbocycles. The number of pyridine rings is 1. The molecule has 7 nitrogen and oxygen atoms in total. The van der Waals surface area contributed by atoms with Crippen LogP contribution in [0.5, 0.6) is 5.75 Å². The largest absolute Gasteiger partial charge is 0.420 e. The Balaban J connectivity index is 1.75. The Morgan fingerprint density at radius 3 is 2.61 bits per heavy atom. The summed E-state index contributed by atoms with van der Waals surface area (Å²) in [5, 5.41) is 4.82. The van der Waals surface area contributed by atoms with Crippen molar-refractivity contribution in [3.8, 4) is 5.75 Å². The summed E-state index contributed by atoms with van der Waals surface area (Å²) in [7, 11) is 0. The van der Waals surface area contributed by atoms with Crippen molar-refractivity contribution in [2.75, 3.05) is 11.7 Å². The van der Waals surface area contributed by atoms with Crippen LogP contribution < -0.4 is 20.5 Å². The minimum absolute atomic E-state index is 0.0146. The summed E-state index contributed by atoms with van der Waals surface area (Å²) in [6.45, 7) is 1.43. The molecule has 2 aromatic carbocycles. The van der Waals surface area contributed by atoms with Gasteiger partial charge in [-0.05, 0) is 22.8 Å². The van der Waals surface area contributed by atoms with Gasteiger partial charge >= 0.3 is 5.97 Å². The molecule has 0 fully saturated rings. The van der Waals surface area contributed by atoms with Gasteiger partial charge in [-0.3, -0.25) is 24.1 Å². The van der Waals surface area contributed by atoms with E-state index in [1.54, 1.807) is 22.6 Å². The Morgan fingerprint density at radius 2 is 1.81 bits per heavy atom. The van der Waals surface area contributed by atoms with Gasteiger partial charge in [-0.15, -0.1) is 11.8 Å². The maximum absolute atomic E-state index is 12.7. The number of amides is 1. The van der Waals surface area contributed by atoms with E-state index in [4.69, 9.17) is 4.74 Å². The minimum Gasteiger partial charge on any atom is -0.420 e. The summed E-state index contributed by atoms with van der Waals surface area (Å²) < 4.78 is 6.78. The number of nitrogens with zero attached hydrogens (tertiary/aromatic N) is 2. The first kappa shape index (κ1) is 19.4. The molecule has 0 radical (unpaired) electrons. The maximum Gasteiger partial charge on any atom is 0.308 e. The number of carbonyl (C=O) groups excluding carboxylic acids is 2. The predicted octanol–water partition coefficient (Wildman–Crippen LogP) is 2.81. The zero-order valence-electron chi connectivity index (χ0n) is 16.7. The van der Waals surface area contributed by atoms with Crippen LogP contribution in [-0.2, 0) is 10.5 Å². The summed E-state index contributed by atoms with van der Waals surface area (Å²) in [6, 6.07) is 17.5. The summed E-state index contributed by atoms with van der Waals surface area (Å²) in [4.78, 5) is 37.9. The Kier molecular flexibility index (Phi) is 4.78. The molecule has 0 bridgehead atoms. The van der Waals surface area contributed by atoms with Crippen LogP contribution in [0.2, 0.25) is 0 Å². The Hall–Kier alpha value is -3.52. The van der Waals surface area contributed by atoms with E-state index < -0.39 is 17.3 Å². The van der Waals surface area contributed by atoms with Crippen LogP contribution in [0.1, 0.15) is 40.1 Å². The van der Waals surface area contributed by atoms with Crippen LogP contribution in [-0.4, -0.2) is 23.2 Å². The van der Waals surface area contributed by atoms with Gasteiger partial charge in [0.25, 0.3) is 5.91 Å². The molecule has 0 saturated carbocycles. The molecule has 1 atom stereocenters. The standard InChI is InChI=1S/C23H19N3O4S/c1-14(27)30-22-18(28)10-11-25-21(22)23(29)24-13-26(25)20-16-7-3-2-6-15(16)12-31-19-9-5-4-8-17(19)20/h2-11,20H,12-13H2,1H3,(H,24,29). The van der Waals surface area contributed by atoms with Gasteiger partial charge in [0, 0.05) is 29.8 Å². The van der Waals surface area contributed by atoms with Gasteiger partial charge in [0.2, 0.25) is 11.2 Å². The Morgan fingerprint density at radius 1 is 1.06 bits per heavy atom. The van der Waals surface area contributed by atoms with E-state index in [1.165, 1.54) is 18.6 Å². The highest BCUT2D eigenvalue weighted by Gasteiger charge is 2.35. The third kappa shape index (κ3) is 3.29. The number of thioether (sulfide) groups is 1. The lowest BCUT2D eigenvalue weighted by molar-refractivity contribution is -0.132. The first-order valence-electron chi connectivity index (χ1n) is 9.83. The molecule has 1 unspecified atom stereocenters. The first-order chi connectivity index (χ1) is 15.0. The molecule has 1 N–H and O–H groups in total. The van der Waals surface area contributed by atoms with Crippen molar-refractivity contribution >= 4 is 23.6 Å². The fourth-order valence-corrected chi connectivity index (χ4v) is 5.21. The number of ether oxygens (including phenoxy) is 1. The fraction of sp³-hybridized carbons (Fsp3) is 0.174. The van der Waals surface area contributed by atoms with Crippen molar-refractivity contribution in [3.63, 3.8) is 0 Å². The van der Waals surface area contributed by atoms with Crippen molar-refractivity contribution in [1.29, 1.82) is 0 Å². The Labute approximate surface area is 182 Å². The van der Waals surface area contributed by atoms with E-state index in [1.807, 2.05) is 29.3 Å². The van der Waals surface area contributed by atoms with Crippen LogP contribution in [0.4, 0.5) is 0 Å². The van der Waals surface area contributed by atoms with Crippen LogP contribution in [0.3, 0.4) is 0 Å². The van der Waals surface area contributed by atoms with Crippen molar-refractivity contribution in [1.82, 2.24) is 9.99 Å². The molecule has 3 aromatic rings. The molecule has 2 aliphatic rings. The molecule has 0 saturated heterocycles. The summed E-state index contributed by atoms with van der Waals surface area (Å²) >= 11 is 1.77. The van der Waals surface area contributed by atoms with Crippen molar-refractivity contribution in [3.05, 3.63) is 93.4 Å². The zero-order chi connectivity index (χ0) is 21.5. The fourth-order valence-electron chi connectivity index (χ4n) is 4.12. The molecule has 156 valence electrons. The quantitative estimate of drug-likeness (QED) is 0.626. The SMILES string of the molecule is CC(=O)Oc1c2n(ccc1=O)N(C1c3ccccc3CSc3ccccc31)CNC2=O. The smallest absolute Gasteiger partial charge is 0.308 e. The first-order valence-corrected chi connectivity index (χ1v) is 10.8. The molecule has 31 heavy (non-hydrogen) atoms. The van der Waals surface area contributed by atoms with Gasteiger partial charge in [-0.2, -0.15) is 0 Å². The van der Waals surface area contributed by atoms with Gasteiger partial charge in [0.1, 0.15) is 6.67 Å². The van der Waals surface area contributed by atoms with Crippen molar-refractivity contribution in [2.24, 2.45) is 0 Å². The maximum atomic E-state index is 12.7. The summed E-state index contributed by atoms with van der Waals surface area (Å²) in [5.41, 5.74) is 2.92. The lowest BCUT2D eigenvalue weighted by atomic mass is 9.94. The molecular formula is C23H19N3O4S. The number of esters is 1. The van der Waals surface area contributed by atoms with Gasteiger partial charge in [0.15, 0.2) is 5.69 Å². The Bertz CT molecular complexity index is 1220. The number of benzene rings is 2. The monoisotopic (exact) mass is 433 g/mol. The van der Waals surface area contributed by atoms with E-state index in [2.05, 4.69) is 29.6 Å². The lowest BCUT2D eigenvalue weighted by Gasteiger charge is -2.40. The van der Waals surface area contributed by atoms with Crippen molar-refractivity contribution in [2.45, 2.75) is 23.6 Å².